The predicted octanol–water partition coefficient (Wildman–Crippen LogP) is 3.23. The van der Waals surface area contributed by atoms with Gasteiger partial charge >= 0.3 is 0 Å². The number of carbonyl (C=O) groups excluding carboxylic acids is 1. The van der Waals surface area contributed by atoms with Crippen LogP contribution in [0.25, 0.3) is 0 Å². The van der Waals surface area contributed by atoms with Gasteiger partial charge in [-0.05, 0) is 48.1 Å². The molecule has 1 N–H and O–H groups in total. The van der Waals surface area contributed by atoms with Crippen molar-refractivity contribution in [1.82, 2.24) is 0 Å². The number of Topliss-reactive ketones (excluding diaryl/α,β-unsaturated/α-hetero) is 1. The molecule has 0 saturated heterocycles. The highest BCUT2D eigenvalue weighted by Gasteiger charge is 2.22. The Morgan fingerprint density at radius 3 is 2.29 bits per heavy atom. The number of fused-ring (bicyclic) bond motifs is 2. The Balaban J connectivity index is 0.000000141. The molecule has 24 heavy (non-hydrogen) atoms. The summed E-state index contributed by atoms with van der Waals surface area (Å²) in [7, 11) is 0. The lowest BCUT2D eigenvalue weighted by atomic mass is 10.0. The molecule has 0 aromatic heterocycles. The number of nitrogens with zero attached hydrogens (tertiary/aromatic N) is 2. The zero-order chi connectivity index (χ0) is 17.1. The number of ketones is 1. The molecule has 4 nitrogen and oxygen atoms in total. The highest BCUT2D eigenvalue weighted by Crippen LogP contribution is 2.32. The molecular weight excluding hydrogens is 300 g/mol. The summed E-state index contributed by atoms with van der Waals surface area (Å²) < 4.78 is 0. The van der Waals surface area contributed by atoms with Gasteiger partial charge in [0.25, 0.3) is 0 Å². The van der Waals surface area contributed by atoms with Crippen LogP contribution in [0.2, 0.25) is 0 Å². The van der Waals surface area contributed by atoms with Crippen molar-refractivity contribution in [1.29, 1.82) is 10.5 Å². The van der Waals surface area contributed by atoms with Crippen molar-refractivity contribution in [2.24, 2.45) is 0 Å². The maximum Gasteiger partial charge on any atom is 0.163 e. The van der Waals surface area contributed by atoms with Gasteiger partial charge in [-0.15, -0.1) is 0 Å². The molecule has 0 spiro atoms. The van der Waals surface area contributed by atoms with Crippen LogP contribution in [0, 0.1) is 22.7 Å². The maximum absolute atomic E-state index is 11.2. The quantitative estimate of drug-likeness (QED) is 0.808. The fraction of sp³-hybridized carbons (Fsp3) is 0.250. The van der Waals surface area contributed by atoms with Gasteiger partial charge < -0.3 is 5.11 Å². The van der Waals surface area contributed by atoms with Gasteiger partial charge in [0, 0.05) is 12.0 Å². The topological polar surface area (TPSA) is 84.9 Å². The number of benzene rings is 2. The van der Waals surface area contributed by atoms with E-state index in [0.29, 0.717) is 17.5 Å². The first-order valence-electron chi connectivity index (χ1n) is 7.91. The van der Waals surface area contributed by atoms with Crippen LogP contribution in [0.5, 0.6) is 0 Å². The third kappa shape index (κ3) is 2.80. The van der Waals surface area contributed by atoms with E-state index in [0.717, 1.165) is 41.5 Å². The molecule has 0 aliphatic heterocycles. The first kappa shape index (κ1) is 15.9. The van der Waals surface area contributed by atoms with Crippen molar-refractivity contribution in [3.8, 4) is 12.1 Å². The second-order valence-corrected chi connectivity index (χ2v) is 5.91. The first-order chi connectivity index (χ1) is 11.7. The third-order valence-electron chi connectivity index (χ3n) is 4.56. The smallest absolute Gasteiger partial charge is 0.163 e. The Bertz CT molecular complexity index is 887. The second kappa shape index (κ2) is 6.66. The summed E-state index contributed by atoms with van der Waals surface area (Å²) in [6, 6.07) is 15.1. The van der Waals surface area contributed by atoms with Crippen molar-refractivity contribution in [3.05, 3.63) is 69.8 Å². The van der Waals surface area contributed by atoms with Gasteiger partial charge in [0.2, 0.25) is 0 Å². The van der Waals surface area contributed by atoms with E-state index >= 15 is 0 Å². The van der Waals surface area contributed by atoms with E-state index in [1.54, 1.807) is 24.3 Å². The number of hydrogen-bond acceptors (Lipinski definition) is 4. The molecule has 2 aliphatic carbocycles. The van der Waals surface area contributed by atoms with Gasteiger partial charge in [-0.2, -0.15) is 10.5 Å². The maximum atomic E-state index is 11.2. The second-order valence-electron chi connectivity index (χ2n) is 5.91. The third-order valence-corrected chi connectivity index (χ3v) is 4.56. The average Bonchev–Trinajstić information content (AvgIpc) is 3.19. The van der Waals surface area contributed by atoms with Crippen LogP contribution in [0.4, 0.5) is 0 Å². The Kier molecular flexibility index (Phi) is 4.42. The van der Waals surface area contributed by atoms with Crippen molar-refractivity contribution >= 4 is 5.78 Å². The Hall–Kier alpha value is -2.95. The largest absolute Gasteiger partial charge is 0.388 e. The standard InChI is InChI=1S/C10H9NO.C10H7NO/c2*11-6-7-2-1-3-9-8(7)4-5-10(9)12/h1-3,10,12H,4-5H2;1-3H,4-5H2. The summed E-state index contributed by atoms with van der Waals surface area (Å²) in [6.45, 7) is 0. The SMILES string of the molecule is N#Cc1cccc2c1CCC2=O.N#Cc1cccc2c1CCC2O. The van der Waals surface area contributed by atoms with Crippen LogP contribution in [0.15, 0.2) is 36.4 Å². The lowest BCUT2D eigenvalue weighted by molar-refractivity contribution is 0.0994. The van der Waals surface area contributed by atoms with Crippen molar-refractivity contribution < 1.29 is 9.90 Å². The number of nitriles is 2. The normalized spacial score (nSPS) is 17.1. The van der Waals surface area contributed by atoms with E-state index in [2.05, 4.69) is 12.1 Å². The number of aliphatic hydroxyl groups excluding tert-OH is 1. The average molecular weight is 316 g/mol. The Labute approximate surface area is 140 Å². The van der Waals surface area contributed by atoms with Gasteiger partial charge in [0.15, 0.2) is 5.78 Å². The molecule has 4 heteroatoms. The zero-order valence-corrected chi connectivity index (χ0v) is 13.1. The number of hydrogen-bond donors (Lipinski definition) is 1. The van der Waals surface area contributed by atoms with Crippen LogP contribution in [0.3, 0.4) is 0 Å². The summed E-state index contributed by atoms with van der Waals surface area (Å²) in [5.74, 6) is 0.169. The van der Waals surface area contributed by atoms with E-state index in [1.807, 2.05) is 12.1 Å². The van der Waals surface area contributed by atoms with Gasteiger partial charge in [0.05, 0.1) is 29.4 Å². The molecule has 2 aliphatic rings. The lowest BCUT2D eigenvalue weighted by Crippen LogP contribution is -1.91. The highest BCUT2D eigenvalue weighted by molar-refractivity contribution is 6.01. The fourth-order valence-electron chi connectivity index (χ4n) is 3.33. The molecule has 0 heterocycles. The van der Waals surface area contributed by atoms with Crippen molar-refractivity contribution in [2.45, 2.75) is 31.8 Å². The van der Waals surface area contributed by atoms with E-state index in [9.17, 15) is 9.90 Å². The molecule has 0 fully saturated rings. The van der Waals surface area contributed by atoms with Crippen LogP contribution in [-0.2, 0) is 12.8 Å². The minimum Gasteiger partial charge on any atom is -0.388 e. The number of carbonyl (C=O) groups is 1. The van der Waals surface area contributed by atoms with Crippen molar-refractivity contribution in [2.75, 3.05) is 0 Å². The molecule has 118 valence electrons. The van der Waals surface area contributed by atoms with E-state index in [4.69, 9.17) is 10.5 Å². The van der Waals surface area contributed by atoms with Gasteiger partial charge in [-0.1, -0.05) is 24.3 Å². The molecule has 1 unspecified atom stereocenters. The molecule has 4 rings (SSSR count). The predicted molar refractivity (Wildman–Crippen MR) is 88.2 cm³/mol. The van der Waals surface area contributed by atoms with Gasteiger partial charge in [0.1, 0.15) is 0 Å². The van der Waals surface area contributed by atoms with Crippen LogP contribution in [0.1, 0.15) is 57.1 Å². The monoisotopic (exact) mass is 316 g/mol. The zero-order valence-electron chi connectivity index (χ0n) is 13.1. The molecule has 2 aromatic carbocycles. The summed E-state index contributed by atoms with van der Waals surface area (Å²) in [5.41, 5.74) is 5.02. The molecular formula is C20H16N2O2. The molecule has 0 radical (unpaired) electrons. The van der Waals surface area contributed by atoms with E-state index in [-0.39, 0.29) is 11.9 Å². The summed E-state index contributed by atoms with van der Waals surface area (Å²) in [5, 5.41) is 27.0. The van der Waals surface area contributed by atoms with Gasteiger partial charge in [-0.3, -0.25) is 4.79 Å². The summed E-state index contributed by atoms with van der Waals surface area (Å²) in [6.07, 6.45) is 2.54. The minimum atomic E-state index is -0.353. The number of rotatable bonds is 0. The number of aliphatic hydroxyl groups is 1. The first-order valence-corrected chi connectivity index (χ1v) is 7.91. The Morgan fingerprint density at radius 1 is 0.917 bits per heavy atom. The summed E-state index contributed by atoms with van der Waals surface area (Å²) >= 11 is 0. The van der Waals surface area contributed by atoms with E-state index < -0.39 is 0 Å². The minimum absolute atomic E-state index is 0.169. The van der Waals surface area contributed by atoms with Crippen LogP contribution < -0.4 is 0 Å². The van der Waals surface area contributed by atoms with Crippen LogP contribution >= 0.6 is 0 Å². The molecule has 0 amide bonds. The lowest BCUT2D eigenvalue weighted by Gasteiger charge is -2.02. The highest BCUT2D eigenvalue weighted by atomic mass is 16.3. The van der Waals surface area contributed by atoms with E-state index in [1.165, 1.54) is 0 Å². The fourth-order valence-corrected chi connectivity index (χ4v) is 3.33. The molecule has 0 bridgehead atoms. The Morgan fingerprint density at radius 2 is 1.58 bits per heavy atom. The molecule has 2 aromatic rings. The summed E-state index contributed by atoms with van der Waals surface area (Å²) in [4.78, 5) is 11.2. The molecule has 1 atom stereocenters. The molecule has 0 saturated carbocycles. The van der Waals surface area contributed by atoms with Crippen molar-refractivity contribution in [3.63, 3.8) is 0 Å². The van der Waals surface area contributed by atoms with Gasteiger partial charge in [-0.25, -0.2) is 0 Å². The van der Waals surface area contributed by atoms with Crippen LogP contribution in [-0.4, -0.2) is 10.9 Å².